The van der Waals surface area contributed by atoms with Gasteiger partial charge in [0.1, 0.15) is 0 Å². The molecule has 0 aliphatic carbocycles. The van der Waals surface area contributed by atoms with E-state index in [-0.39, 0.29) is 5.91 Å². The zero-order chi connectivity index (χ0) is 12.8. The van der Waals surface area contributed by atoms with Crippen molar-refractivity contribution in [2.24, 2.45) is 0 Å². The Kier molecular flexibility index (Phi) is 5.15. The molecule has 18 heavy (non-hydrogen) atoms. The van der Waals surface area contributed by atoms with Crippen molar-refractivity contribution in [3.05, 3.63) is 33.8 Å². The largest absolute Gasteiger partial charge is 0.350 e. The molecule has 2 heterocycles. The first-order valence-electron chi connectivity index (χ1n) is 5.40. The highest BCUT2D eigenvalue weighted by Crippen LogP contribution is 2.14. The normalized spacial score (nSPS) is 10.5. The average molecular weight is 299 g/mol. The van der Waals surface area contributed by atoms with Crippen molar-refractivity contribution in [2.75, 3.05) is 5.75 Å². The van der Waals surface area contributed by atoms with Crippen LogP contribution < -0.4 is 5.32 Å². The van der Waals surface area contributed by atoms with Crippen molar-refractivity contribution >= 4 is 40.7 Å². The van der Waals surface area contributed by atoms with Crippen LogP contribution in [0.15, 0.2) is 17.5 Å². The molecular formula is C11H13N3OS3. The monoisotopic (exact) mass is 299 g/mol. The molecule has 0 fully saturated rings. The number of aryl methyl sites for hydroxylation is 1. The van der Waals surface area contributed by atoms with E-state index in [1.54, 1.807) is 23.1 Å². The van der Waals surface area contributed by atoms with E-state index in [9.17, 15) is 4.79 Å². The van der Waals surface area contributed by atoms with Crippen LogP contribution in [0.25, 0.3) is 0 Å². The molecule has 0 radical (unpaired) electrons. The Morgan fingerprint density at radius 3 is 3.06 bits per heavy atom. The predicted molar refractivity (Wildman–Crippen MR) is 77.0 cm³/mol. The van der Waals surface area contributed by atoms with Gasteiger partial charge in [0.25, 0.3) is 0 Å². The van der Waals surface area contributed by atoms with Crippen LogP contribution in [0.5, 0.6) is 0 Å². The molecule has 0 aromatic carbocycles. The maximum atomic E-state index is 11.6. The summed E-state index contributed by atoms with van der Waals surface area (Å²) >= 11 is 4.44. The average Bonchev–Trinajstić information content (AvgIpc) is 2.99. The second-order valence-corrected chi connectivity index (χ2v) is 6.19. The van der Waals surface area contributed by atoms with Gasteiger partial charge in [-0.15, -0.1) is 23.1 Å². The third-order valence-corrected chi connectivity index (χ3v) is 4.74. The fraction of sp³-hybridized carbons (Fsp3) is 0.364. The third-order valence-electron chi connectivity index (χ3n) is 2.26. The summed E-state index contributed by atoms with van der Waals surface area (Å²) in [4.78, 5) is 12.8. The Labute approximate surface area is 118 Å². The van der Waals surface area contributed by atoms with Gasteiger partial charge in [-0.3, -0.25) is 4.79 Å². The van der Waals surface area contributed by atoms with Crippen LogP contribution in [0.2, 0.25) is 0 Å². The second kappa shape index (κ2) is 6.86. The Bertz CT molecular complexity index is 495. The molecule has 96 valence electrons. The molecule has 2 aromatic heterocycles. The molecular weight excluding hydrogens is 286 g/mol. The van der Waals surface area contributed by atoms with E-state index in [1.165, 1.54) is 16.6 Å². The van der Waals surface area contributed by atoms with Gasteiger partial charge in [0, 0.05) is 10.6 Å². The zero-order valence-corrected chi connectivity index (χ0v) is 12.3. The van der Waals surface area contributed by atoms with E-state index in [1.807, 2.05) is 24.4 Å². The lowest BCUT2D eigenvalue weighted by Gasteiger charge is -2.03. The Morgan fingerprint density at radius 1 is 1.50 bits per heavy atom. The van der Waals surface area contributed by atoms with E-state index in [2.05, 4.69) is 14.1 Å². The van der Waals surface area contributed by atoms with Gasteiger partial charge >= 0.3 is 0 Å². The maximum Gasteiger partial charge on any atom is 0.230 e. The van der Waals surface area contributed by atoms with Crippen LogP contribution >= 0.6 is 34.8 Å². The Morgan fingerprint density at radius 2 is 2.39 bits per heavy atom. The fourth-order valence-electron chi connectivity index (χ4n) is 1.27. The van der Waals surface area contributed by atoms with Crippen LogP contribution in [0.4, 0.5) is 0 Å². The summed E-state index contributed by atoms with van der Waals surface area (Å²) in [5.41, 5.74) is 1.95. The number of hydrogen-bond donors (Lipinski definition) is 1. The van der Waals surface area contributed by atoms with Gasteiger partial charge in [0.05, 0.1) is 35.4 Å². The Balaban J connectivity index is 1.65. The number of nitrogens with zero attached hydrogens (tertiary/aromatic N) is 2. The Hall–Kier alpha value is -0.920. The van der Waals surface area contributed by atoms with Crippen molar-refractivity contribution in [3.63, 3.8) is 0 Å². The van der Waals surface area contributed by atoms with Gasteiger partial charge in [-0.1, -0.05) is 6.07 Å². The first-order valence-corrected chi connectivity index (χ1v) is 8.17. The van der Waals surface area contributed by atoms with E-state index >= 15 is 0 Å². The topological polar surface area (TPSA) is 54.9 Å². The summed E-state index contributed by atoms with van der Waals surface area (Å²) in [6.45, 7) is 2.56. The van der Waals surface area contributed by atoms with E-state index < -0.39 is 0 Å². The van der Waals surface area contributed by atoms with Gasteiger partial charge in [-0.2, -0.15) is 8.75 Å². The van der Waals surface area contributed by atoms with Crippen LogP contribution in [0.1, 0.15) is 16.3 Å². The molecule has 0 spiro atoms. The number of thiophene rings is 1. The molecule has 0 unspecified atom stereocenters. The first kappa shape index (κ1) is 13.5. The lowest BCUT2D eigenvalue weighted by atomic mass is 10.4. The molecule has 1 N–H and O–H groups in total. The molecule has 0 aliphatic heterocycles. The van der Waals surface area contributed by atoms with Crippen LogP contribution in [0.3, 0.4) is 0 Å². The van der Waals surface area contributed by atoms with Crippen LogP contribution in [-0.2, 0) is 17.1 Å². The lowest BCUT2D eigenvalue weighted by Crippen LogP contribution is -2.24. The van der Waals surface area contributed by atoms with Gasteiger partial charge in [-0.05, 0) is 18.4 Å². The quantitative estimate of drug-likeness (QED) is 0.890. The standard InChI is InChI=1S/C11H13N3OS3/c1-8-10(14-18-13-8)6-16-7-11(15)12-5-9-3-2-4-17-9/h2-4H,5-7H2,1H3,(H,12,15). The molecule has 0 atom stereocenters. The number of carbonyl (C=O) groups is 1. The van der Waals surface area contributed by atoms with Gasteiger partial charge in [0.15, 0.2) is 0 Å². The molecule has 1 amide bonds. The maximum absolute atomic E-state index is 11.6. The van der Waals surface area contributed by atoms with Crippen molar-refractivity contribution in [3.8, 4) is 0 Å². The minimum atomic E-state index is 0.0641. The molecule has 0 aliphatic rings. The number of amides is 1. The van der Waals surface area contributed by atoms with Crippen molar-refractivity contribution in [2.45, 2.75) is 19.2 Å². The summed E-state index contributed by atoms with van der Waals surface area (Å²) in [5.74, 6) is 1.27. The molecule has 4 nitrogen and oxygen atoms in total. The van der Waals surface area contributed by atoms with Gasteiger partial charge in [0.2, 0.25) is 5.91 Å². The number of rotatable bonds is 6. The van der Waals surface area contributed by atoms with Crippen LogP contribution in [0, 0.1) is 6.92 Å². The number of nitrogens with one attached hydrogen (secondary N) is 1. The molecule has 2 aromatic rings. The lowest BCUT2D eigenvalue weighted by molar-refractivity contribution is -0.118. The SMILES string of the molecule is Cc1nsnc1CSCC(=O)NCc1cccs1. The molecule has 0 saturated heterocycles. The highest BCUT2D eigenvalue weighted by Gasteiger charge is 2.06. The zero-order valence-electron chi connectivity index (χ0n) is 9.88. The van der Waals surface area contributed by atoms with Crippen molar-refractivity contribution in [1.29, 1.82) is 0 Å². The third kappa shape index (κ3) is 4.08. The number of carbonyl (C=O) groups excluding carboxylic acids is 1. The second-order valence-electron chi connectivity index (χ2n) is 3.65. The van der Waals surface area contributed by atoms with Crippen LogP contribution in [-0.4, -0.2) is 20.4 Å². The summed E-state index contributed by atoms with van der Waals surface area (Å²) in [5, 5.41) is 4.91. The molecule has 2 rings (SSSR count). The predicted octanol–water partition coefficient (Wildman–Crippen LogP) is 2.46. The summed E-state index contributed by atoms with van der Waals surface area (Å²) < 4.78 is 8.28. The first-order chi connectivity index (χ1) is 8.75. The summed E-state index contributed by atoms with van der Waals surface area (Å²) in [7, 11) is 0. The van der Waals surface area contributed by atoms with Gasteiger partial charge < -0.3 is 5.32 Å². The fourth-order valence-corrected chi connectivity index (χ4v) is 3.42. The highest BCUT2D eigenvalue weighted by molar-refractivity contribution is 7.99. The molecule has 0 saturated carbocycles. The number of aromatic nitrogens is 2. The number of thioether (sulfide) groups is 1. The summed E-state index contributed by atoms with van der Waals surface area (Å²) in [6.07, 6.45) is 0. The smallest absolute Gasteiger partial charge is 0.230 e. The van der Waals surface area contributed by atoms with Gasteiger partial charge in [-0.25, -0.2) is 0 Å². The molecule has 0 bridgehead atoms. The number of hydrogen-bond acceptors (Lipinski definition) is 6. The van der Waals surface area contributed by atoms with E-state index in [4.69, 9.17) is 0 Å². The summed E-state index contributed by atoms with van der Waals surface area (Å²) in [6, 6.07) is 4.00. The van der Waals surface area contributed by atoms with E-state index in [0.717, 1.165) is 17.1 Å². The van der Waals surface area contributed by atoms with Crippen molar-refractivity contribution < 1.29 is 4.79 Å². The van der Waals surface area contributed by atoms with Crippen molar-refractivity contribution in [1.82, 2.24) is 14.1 Å². The highest BCUT2D eigenvalue weighted by atomic mass is 32.2. The minimum Gasteiger partial charge on any atom is -0.350 e. The van der Waals surface area contributed by atoms with E-state index in [0.29, 0.717) is 12.3 Å². The minimum absolute atomic E-state index is 0.0641. The molecule has 7 heteroatoms.